The van der Waals surface area contributed by atoms with Crippen LogP contribution in [0.3, 0.4) is 0 Å². The van der Waals surface area contributed by atoms with Gasteiger partial charge in [0.25, 0.3) is 0 Å². The number of fused-ring (bicyclic) bond motifs is 2. The van der Waals surface area contributed by atoms with Gasteiger partial charge in [-0.15, -0.1) is 0 Å². The van der Waals surface area contributed by atoms with E-state index in [9.17, 15) is 19.8 Å². The number of cyclic esters (lactones) is 1. The molecule has 2 fully saturated rings. The Morgan fingerprint density at radius 3 is 2.11 bits per heavy atom. The van der Waals surface area contributed by atoms with Crippen molar-refractivity contribution in [3.63, 3.8) is 0 Å². The topological polar surface area (TPSA) is 112 Å². The fraction of sp³-hybridized carbons (Fsp3) is 0.933. The molecule has 0 spiro atoms. The molecule has 0 aliphatic carbocycles. The lowest BCUT2D eigenvalue weighted by Gasteiger charge is -2.42. The molecule has 2 saturated heterocycles. The van der Waals surface area contributed by atoms with E-state index in [1.54, 1.807) is 0 Å². The zero-order valence-electron chi connectivity index (χ0n) is 24.0. The van der Waals surface area contributed by atoms with Crippen molar-refractivity contribution in [2.75, 3.05) is 6.61 Å². The number of carbonyl (C=O) groups excluding carboxylic acids is 2. The number of carbonyl (C=O) groups is 2. The summed E-state index contributed by atoms with van der Waals surface area (Å²) in [4.78, 5) is 23.9. The standard InChI is InChI=1S/C30H54O8/c1-3-4-5-6-7-8-10-13-16-19-24-20-17-14-11-9-12-15-18-21-26(32)35-22-25-27(33)29(36-23(2)31)28(34)30(37-24)38-25/h24-25,27-30,33-34H,3-22H2,1-2H3/t24-,25+,27-,28-,29-,30+/m1/s1. The third kappa shape index (κ3) is 13.2. The molecule has 2 N–H and O–H groups in total. The molecule has 2 bridgehead atoms. The van der Waals surface area contributed by atoms with E-state index < -0.39 is 36.7 Å². The van der Waals surface area contributed by atoms with Crippen molar-refractivity contribution in [3.8, 4) is 0 Å². The molecule has 2 aliphatic rings. The van der Waals surface area contributed by atoms with Crippen LogP contribution in [0.25, 0.3) is 0 Å². The number of hydrogen-bond donors (Lipinski definition) is 2. The first-order chi connectivity index (χ1) is 18.4. The van der Waals surface area contributed by atoms with Crippen LogP contribution in [0.15, 0.2) is 0 Å². The van der Waals surface area contributed by atoms with E-state index in [4.69, 9.17) is 18.9 Å². The molecule has 0 aromatic carbocycles. The van der Waals surface area contributed by atoms with Crippen LogP contribution in [-0.4, -0.2) is 65.6 Å². The maximum absolute atomic E-state index is 12.2. The molecule has 6 atom stereocenters. The Kier molecular flexibility index (Phi) is 17.2. The molecule has 2 heterocycles. The first-order valence-electron chi connectivity index (χ1n) is 15.4. The Morgan fingerprint density at radius 1 is 0.842 bits per heavy atom. The lowest BCUT2D eigenvalue weighted by molar-refractivity contribution is -0.314. The zero-order valence-corrected chi connectivity index (χ0v) is 24.0. The largest absolute Gasteiger partial charge is 0.463 e. The van der Waals surface area contributed by atoms with E-state index in [0.717, 1.165) is 70.6 Å². The molecule has 0 aromatic heterocycles. The van der Waals surface area contributed by atoms with Crippen molar-refractivity contribution in [2.24, 2.45) is 0 Å². The van der Waals surface area contributed by atoms with Gasteiger partial charge in [-0.05, 0) is 19.3 Å². The van der Waals surface area contributed by atoms with Crippen LogP contribution in [0.5, 0.6) is 0 Å². The average molecular weight is 543 g/mol. The van der Waals surface area contributed by atoms with E-state index in [1.165, 1.54) is 51.9 Å². The van der Waals surface area contributed by atoms with Gasteiger partial charge in [-0.25, -0.2) is 0 Å². The smallest absolute Gasteiger partial charge is 0.305 e. The Balaban J connectivity index is 1.99. The van der Waals surface area contributed by atoms with Gasteiger partial charge in [0.05, 0.1) is 6.10 Å². The molecule has 8 heteroatoms. The van der Waals surface area contributed by atoms with Gasteiger partial charge in [0.2, 0.25) is 0 Å². The second-order valence-electron chi connectivity index (χ2n) is 11.2. The summed E-state index contributed by atoms with van der Waals surface area (Å²) in [5, 5.41) is 21.7. The Morgan fingerprint density at radius 2 is 1.45 bits per heavy atom. The summed E-state index contributed by atoms with van der Waals surface area (Å²) in [7, 11) is 0. The van der Waals surface area contributed by atoms with Crippen molar-refractivity contribution in [1.29, 1.82) is 0 Å². The average Bonchev–Trinajstić information content (AvgIpc) is 2.89. The van der Waals surface area contributed by atoms with Crippen LogP contribution in [0, 0.1) is 0 Å². The maximum atomic E-state index is 12.2. The lowest BCUT2D eigenvalue weighted by atomic mass is 9.98. The molecular weight excluding hydrogens is 488 g/mol. The van der Waals surface area contributed by atoms with Crippen molar-refractivity contribution < 1.29 is 38.7 Å². The highest BCUT2D eigenvalue weighted by Gasteiger charge is 2.48. The van der Waals surface area contributed by atoms with Crippen LogP contribution in [0.4, 0.5) is 0 Å². The third-order valence-electron chi connectivity index (χ3n) is 7.72. The highest BCUT2D eigenvalue weighted by Crippen LogP contribution is 2.28. The molecule has 8 nitrogen and oxygen atoms in total. The van der Waals surface area contributed by atoms with Gasteiger partial charge in [0, 0.05) is 13.3 Å². The minimum absolute atomic E-state index is 0.105. The summed E-state index contributed by atoms with van der Waals surface area (Å²) in [6, 6.07) is 0. The van der Waals surface area contributed by atoms with Gasteiger partial charge in [-0.3, -0.25) is 9.59 Å². The van der Waals surface area contributed by atoms with Crippen LogP contribution in [-0.2, 0) is 28.5 Å². The molecule has 0 amide bonds. The number of ether oxygens (including phenoxy) is 4. The SMILES string of the molecule is CCCCCCCCCCC[C@@H]1CCCCCCCCCC(=O)OC[C@@H]2O[C@H](O1)[C@H](O)[C@H](OC(C)=O)[C@@H]2O. The van der Waals surface area contributed by atoms with Gasteiger partial charge >= 0.3 is 11.9 Å². The quantitative estimate of drug-likeness (QED) is 0.251. The summed E-state index contributed by atoms with van der Waals surface area (Å²) >= 11 is 0. The molecule has 0 aromatic rings. The lowest BCUT2D eigenvalue weighted by Crippen LogP contribution is -2.61. The highest BCUT2D eigenvalue weighted by molar-refractivity contribution is 5.69. The molecule has 38 heavy (non-hydrogen) atoms. The first kappa shape index (κ1) is 33.0. The third-order valence-corrected chi connectivity index (χ3v) is 7.72. The first-order valence-corrected chi connectivity index (χ1v) is 15.4. The van der Waals surface area contributed by atoms with E-state index in [1.807, 2.05) is 0 Å². The van der Waals surface area contributed by atoms with Gasteiger partial charge in [-0.1, -0.05) is 103 Å². The van der Waals surface area contributed by atoms with Crippen LogP contribution in [0.1, 0.15) is 136 Å². The van der Waals surface area contributed by atoms with Crippen molar-refractivity contribution in [2.45, 2.75) is 173 Å². The zero-order chi connectivity index (χ0) is 27.6. The van der Waals surface area contributed by atoms with Gasteiger partial charge in [0.1, 0.15) is 24.9 Å². The second-order valence-corrected chi connectivity index (χ2v) is 11.2. The van der Waals surface area contributed by atoms with Gasteiger partial charge < -0.3 is 29.2 Å². The number of rotatable bonds is 11. The molecule has 0 radical (unpaired) electrons. The predicted octanol–water partition coefficient (Wildman–Crippen LogP) is 5.74. The monoisotopic (exact) mass is 542 g/mol. The molecule has 2 aliphatic heterocycles. The second kappa shape index (κ2) is 19.8. The number of aliphatic hydroxyl groups excluding tert-OH is 2. The number of unbranched alkanes of at least 4 members (excludes halogenated alkanes) is 8. The number of esters is 2. The fourth-order valence-electron chi connectivity index (χ4n) is 5.41. The molecule has 222 valence electrons. The van der Waals surface area contributed by atoms with Gasteiger partial charge in [-0.2, -0.15) is 0 Å². The Hall–Kier alpha value is -1.22. The predicted molar refractivity (Wildman–Crippen MR) is 145 cm³/mol. The van der Waals surface area contributed by atoms with E-state index in [0.29, 0.717) is 6.42 Å². The molecule has 2 rings (SSSR count). The summed E-state index contributed by atoms with van der Waals surface area (Å²) < 4.78 is 22.9. The number of aliphatic hydroxyl groups is 2. The van der Waals surface area contributed by atoms with Crippen LogP contribution in [0.2, 0.25) is 0 Å². The normalized spacial score (nSPS) is 30.3. The van der Waals surface area contributed by atoms with E-state index in [-0.39, 0.29) is 18.7 Å². The van der Waals surface area contributed by atoms with Crippen molar-refractivity contribution >= 4 is 11.9 Å². The van der Waals surface area contributed by atoms with Crippen LogP contribution >= 0.6 is 0 Å². The van der Waals surface area contributed by atoms with Crippen molar-refractivity contribution in [3.05, 3.63) is 0 Å². The summed E-state index contributed by atoms with van der Waals surface area (Å²) in [5.41, 5.74) is 0. The summed E-state index contributed by atoms with van der Waals surface area (Å²) in [6.45, 7) is 3.28. The van der Waals surface area contributed by atoms with Gasteiger partial charge in [0.15, 0.2) is 12.4 Å². The maximum Gasteiger partial charge on any atom is 0.305 e. The van der Waals surface area contributed by atoms with E-state index in [2.05, 4.69) is 6.92 Å². The van der Waals surface area contributed by atoms with E-state index >= 15 is 0 Å². The molecule has 0 saturated carbocycles. The molecule has 0 unspecified atom stereocenters. The van der Waals surface area contributed by atoms with Crippen molar-refractivity contribution in [1.82, 2.24) is 0 Å². The summed E-state index contributed by atoms with van der Waals surface area (Å²) in [5.74, 6) is -0.963. The summed E-state index contributed by atoms with van der Waals surface area (Å²) in [6.07, 6.45) is 14.6. The Bertz CT molecular complexity index is 642. The minimum Gasteiger partial charge on any atom is -0.463 e. The number of hydrogen-bond acceptors (Lipinski definition) is 8. The minimum atomic E-state index is -1.34. The van der Waals surface area contributed by atoms with Crippen LogP contribution < -0.4 is 0 Å². The Labute approximate surface area is 230 Å². The fourth-order valence-corrected chi connectivity index (χ4v) is 5.41. The highest BCUT2D eigenvalue weighted by atomic mass is 16.7. The molecular formula is C30H54O8.